The minimum atomic E-state index is -0.214. The molecule has 3 aromatic rings. The Morgan fingerprint density at radius 3 is 2.66 bits per heavy atom. The van der Waals surface area contributed by atoms with E-state index in [9.17, 15) is 9.59 Å². The van der Waals surface area contributed by atoms with Crippen molar-refractivity contribution in [3.63, 3.8) is 0 Å². The number of carbonyl (C=O) groups excluding carboxylic acids is 1. The fourth-order valence-corrected chi connectivity index (χ4v) is 4.82. The third-order valence-corrected chi connectivity index (χ3v) is 6.54. The second-order valence-corrected chi connectivity index (χ2v) is 9.44. The van der Waals surface area contributed by atoms with E-state index in [1.807, 2.05) is 44.2 Å². The Bertz CT molecular complexity index is 1160. The summed E-state index contributed by atoms with van der Waals surface area (Å²) in [5, 5.41) is 6.53. The second kappa shape index (κ2) is 7.84. The molecule has 4 rings (SSSR count). The van der Waals surface area contributed by atoms with Gasteiger partial charge in [-0.2, -0.15) is 5.10 Å². The van der Waals surface area contributed by atoms with Gasteiger partial charge in [0, 0.05) is 27.1 Å². The van der Waals surface area contributed by atoms with Crippen molar-refractivity contribution in [3.05, 3.63) is 63.5 Å². The first kappa shape index (κ1) is 20.0. The van der Waals surface area contributed by atoms with Crippen molar-refractivity contribution >= 4 is 45.7 Å². The van der Waals surface area contributed by atoms with Crippen molar-refractivity contribution in [3.8, 4) is 0 Å². The van der Waals surface area contributed by atoms with E-state index >= 15 is 0 Å². The van der Waals surface area contributed by atoms with Crippen LogP contribution in [0.3, 0.4) is 0 Å². The summed E-state index contributed by atoms with van der Waals surface area (Å²) in [6.07, 6.45) is 0.852. The van der Waals surface area contributed by atoms with Gasteiger partial charge in [0.05, 0.1) is 17.1 Å². The molecule has 1 amide bonds. The molecule has 29 heavy (non-hydrogen) atoms. The molecule has 1 atom stereocenters. The Morgan fingerprint density at radius 1 is 1.21 bits per heavy atom. The molecule has 0 aliphatic carbocycles. The third kappa shape index (κ3) is 3.67. The highest BCUT2D eigenvalue weighted by atomic mass is 35.5. The molecule has 0 saturated carbocycles. The van der Waals surface area contributed by atoms with Crippen LogP contribution in [0, 0.1) is 0 Å². The number of halogens is 1. The van der Waals surface area contributed by atoms with Gasteiger partial charge in [-0.25, -0.2) is 4.68 Å². The van der Waals surface area contributed by atoms with Crippen LogP contribution in [0.1, 0.15) is 43.7 Å². The Morgan fingerprint density at radius 2 is 1.93 bits per heavy atom. The highest BCUT2D eigenvalue weighted by Gasteiger charge is 2.28. The van der Waals surface area contributed by atoms with E-state index in [0.29, 0.717) is 33.3 Å². The zero-order valence-electron chi connectivity index (χ0n) is 16.6. The lowest BCUT2D eigenvalue weighted by Crippen LogP contribution is -2.36. The smallest absolute Gasteiger partial charge is 0.279 e. The summed E-state index contributed by atoms with van der Waals surface area (Å²) in [5.41, 5.74) is 0.903. The van der Waals surface area contributed by atoms with Crippen LogP contribution in [0.2, 0.25) is 5.02 Å². The van der Waals surface area contributed by atoms with Crippen LogP contribution >= 0.6 is 23.4 Å². The average molecular weight is 428 g/mol. The van der Waals surface area contributed by atoms with Crippen molar-refractivity contribution < 1.29 is 4.79 Å². The maximum Gasteiger partial charge on any atom is 0.279 e. The van der Waals surface area contributed by atoms with Gasteiger partial charge in [0.2, 0.25) is 0 Å². The van der Waals surface area contributed by atoms with Gasteiger partial charge >= 0.3 is 0 Å². The van der Waals surface area contributed by atoms with Gasteiger partial charge in [0.15, 0.2) is 5.69 Å². The topological polar surface area (TPSA) is 55.2 Å². The van der Waals surface area contributed by atoms with Gasteiger partial charge in [-0.3, -0.25) is 9.59 Å². The Balaban J connectivity index is 1.91. The highest BCUT2D eigenvalue weighted by Crippen LogP contribution is 2.39. The summed E-state index contributed by atoms with van der Waals surface area (Å²) in [7, 11) is 0. The largest absolute Gasteiger partial charge is 0.306 e. The summed E-state index contributed by atoms with van der Waals surface area (Å²) in [5.74, 6) is -0.214. The van der Waals surface area contributed by atoms with Gasteiger partial charge < -0.3 is 4.90 Å². The lowest BCUT2D eigenvalue weighted by atomic mass is 10.1. The Labute approximate surface area is 178 Å². The monoisotopic (exact) mass is 427 g/mol. The summed E-state index contributed by atoms with van der Waals surface area (Å²) in [6, 6.07) is 12.7. The lowest BCUT2D eigenvalue weighted by molar-refractivity contribution is 0.0981. The molecule has 0 spiro atoms. The maximum atomic E-state index is 13.7. The van der Waals surface area contributed by atoms with Crippen LogP contribution in [0.5, 0.6) is 0 Å². The Hall–Kier alpha value is -2.31. The summed E-state index contributed by atoms with van der Waals surface area (Å²) in [4.78, 5) is 29.3. The van der Waals surface area contributed by atoms with E-state index in [1.165, 1.54) is 4.68 Å². The summed E-state index contributed by atoms with van der Waals surface area (Å²) < 4.78 is 1.39. The number of carbonyl (C=O) groups is 1. The minimum Gasteiger partial charge on any atom is -0.306 e. The third-order valence-electron chi connectivity index (χ3n) is 5.06. The maximum absolute atomic E-state index is 13.7. The molecular formula is C22H22ClN3O2S. The fourth-order valence-electron chi connectivity index (χ4n) is 3.56. The minimum absolute atomic E-state index is 0.153. The normalized spacial score (nSPS) is 16.7. The Kier molecular flexibility index (Phi) is 5.40. The molecule has 2 heterocycles. The lowest BCUT2D eigenvalue weighted by Gasteiger charge is -2.23. The van der Waals surface area contributed by atoms with Crippen LogP contribution in [0.15, 0.2) is 52.2 Å². The van der Waals surface area contributed by atoms with Gasteiger partial charge in [0.25, 0.3) is 11.5 Å². The van der Waals surface area contributed by atoms with Crippen molar-refractivity contribution in [1.82, 2.24) is 9.78 Å². The predicted octanol–water partition coefficient (Wildman–Crippen LogP) is 5.16. The van der Waals surface area contributed by atoms with E-state index in [-0.39, 0.29) is 17.5 Å². The van der Waals surface area contributed by atoms with Crippen molar-refractivity contribution in [1.29, 1.82) is 0 Å². The van der Waals surface area contributed by atoms with Crippen LogP contribution in [0.4, 0.5) is 5.69 Å². The zero-order chi connectivity index (χ0) is 20.7. The number of thioether (sulfide) groups is 1. The first-order valence-electron chi connectivity index (χ1n) is 9.66. The number of hydrogen-bond donors (Lipinski definition) is 0. The summed E-state index contributed by atoms with van der Waals surface area (Å²) in [6.45, 7) is 6.49. The molecule has 0 radical (unpaired) electrons. The quantitative estimate of drug-likeness (QED) is 0.566. The van der Waals surface area contributed by atoms with Crippen molar-refractivity contribution in [2.24, 2.45) is 0 Å². The molecule has 1 aromatic heterocycles. The second-order valence-electron chi connectivity index (χ2n) is 7.52. The fraction of sp³-hybridized carbons (Fsp3) is 0.318. The molecule has 2 aromatic carbocycles. The summed E-state index contributed by atoms with van der Waals surface area (Å²) >= 11 is 8.00. The van der Waals surface area contributed by atoms with E-state index < -0.39 is 0 Å². The van der Waals surface area contributed by atoms with Crippen LogP contribution in [0.25, 0.3) is 10.8 Å². The number of anilines is 1. The van der Waals surface area contributed by atoms with Gasteiger partial charge in [0.1, 0.15) is 0 Å². The number of aromatic nitrogens is 2. The molecule has 0 fully saturated rings. The molecule has 1 aliphatic heterocycles. The van der Waals surface area contributed by atoms with Crippen LogP contribution in [-0.2, 0) is 0 Å². The van der Waals surface area contributed by atoms with E-state index in [4.69, 9.17) is 11.6 Å². The number of fused-ring (bicyclic) bond motifs is 2. The zero-order valence-corrected chi connectivity index (χ0v) is 18.1. The number of benzene rings is 2. The number of hydrogen-bond acceptors (Lipinski definition) is 4. The van der Waals surface area contributed by atoms with Crippen molar-refractivity contribution in [2.75, 3.05) is 11.4 Å². The van der Waals surface area contributed by atoms with Crippen LogP contribution < -0.4 is 10.5 Å². The average Bonchev–Trinajstić information content (AvgIpc) is 2.86. The van der Waals surface area contributed by atoms with E-state index in [2.05, 4.69) is 12.0 Å². The standard InChI is InChI=1S/C22H22ClN3O2S/c1-13(2)26-21(27)17-7-5-4-6-16(17)20(24-26)22(28)25-11-10-14(3)29-19-9-8-15(23)12-18(19)25/h4-9,12-14H,10-11H2,1-3H3. The number of rotatable bonds is 2. The number of amides is 1. The molecule has 7 heteroatoms. The van der Waals surface area contributed by atoms with E-state index in [0.717, 1.165) is 17.0 Å². The van der Waals surface area contributed by atoms with Gasteiger partial charge in [-0.05, 0) is 44.5 Å². The molecule has 150 valence electrons. The molecule has 0 bridgehead atoms. The first-order chi connectivity index (χ1) is 13.9. The number of nitrogens with zero attached hydrogens (tertiary/aromatic N) is 3. The van der Waals surface area contributed by atoms with E-state index in [1.54, 1.807) is 28.8 Å². The van der Waals surface area contributed by atoms with Crippen LogP contribution in [-0.4, -0.2) is 27.5 Å². The van der Waals surface area contributed by atoms with Gasteiger partial charge in [-0.1, -0.05) is 36.7 Å². The molecule has 5 nitrogen and oxygen atoms in total. The first-order valence-corrected chi connectivity index (χ1v) is 10.9. The molecular weight excluding hydrogens is 406 g/mol. The molecule has 1 unspecified atom stereocenters. The SMILES string of the molecule is CC1CCN(C(=O)c2nn(C(C)C)c(=O)c3ccccc23)c2cc(Cl)ccc2S1. The molecule has 0 saturated heterocycles. The molecule has 1 aliphatic rings. The predicted molar refractivity (Wildman–Crippen MR) is 119 cm³/mol. The van der Waals surface area contributed by atoms with Crippen molar-refractivity contribution in [2.45, 2.75) is 43.4 Å². The van der Waals surface area contributed by atoms with Gasteiger partial charge in [-0.15, -0.1) is 11.8 Å². The molecule has 0 N–H and O–H groups in total. The highest BCUT2D eigenvalue weighted by molar-refractivity contribution is 8.00.